The summed E-state index contributed by atoms with van der Waals surface area (Å²) >= 11 is 2.31. The van der Waals surface area contributed by atoms with E-state index in [1.165, 1.54) is 9.13 Å². The summed E-state index contributed by atoms with van der Waals surface area (Å²) in [5.74, 6) is 0.609. The van der Waals surface area contributed by atoms with Gasteiger partial charge in [-0.3, -0.25) is 4.79 Å². The van der Waals surface area contributed by atoms with Gasteiger partial charge >= 0.3 is 0 Å². The maximum Gasteiger partial charge on any atom is 0.140 e. The van der Waals surface area contributed by atoms with Crippen LogP contribution in [-0.2, 0) is 4.79 Å². The Bertz CT molecular complexity index is 333. The van der Waals surface area contributed by atoms with Crippen LogP contribution in [0.3, 0.4) is 0 Å². The molecule has 2 heteroatoms. The van der Waals surface area contributed by atoms with Crippen LogP contribution >= 0.6 is 22.6 Å². The van der Waals surface area contributed by atoms with Gasteiger partial charge in [-0.1, -0.05) is 18.2 Å². The first-order chi connectivity index (χ1) is 6.29. The summed E-state index contributed by atoms with van der Waals surface area (Å²) in [6, 6.07) is 8.19. The van der Waals surface area contributed by atoms with E-state index in [1.807, 2.05) is 12.1 Å². The summed E-state index contributed by atoms with van der Waals surface area (Å²) in [4.78, 5) is 11.5. The van der Waals surface area contributed by atoms with Crippen LogP contribution < -0.4 is 0 Å². The number of halogens is 1. The molecule has 0 aliphatic heterocycles. The van der Waals surface area contributed by atoms with Crippen molar-refractivity contribution in [3.8, 4) is 0 Å². The molecule has 0 bridgehead atoms. The standard InChI is InChI=1S/C11H11IO/c12-10-6-2-1-4-8(10)9-5-3-7-11(9)13/h1-2,4,6,9H,3,5,7H2. The predicted molar refractivity (Wildman–Crippen MR) is 60.8 cm³/mol. The van der Waals surface area contributed by atoms with E-state index < -0.39 is 0 Å². The Balaban J connectivity index is 2.34. The van der Waals surface area contributed by atoms with Crippen molar-refractivity contribution in [2.75, 3.05) is 0 Å². The van der Waals surface area contributed by atoms with Crippen molar-refractivity contribution >= 4 is 28.4 Å². The monoisotopic (exact) mass is 286 g/mol. The van der Waals surface area contributed by atoms with E-state index >= 15 is 0 Å². The molecule has 0 aromatic heterocycles. The van der Waals surface area contributed by atoms with Crippen LogP contribution in [0, 0.1) is 3.57 Å². The highest BCUT2D eigenvalue weighted by atomic mass is 127. The van der Waals surface area contributed by atoms with E-state index in [-0.39, 0.29) is 5.92 Å². The molecule has 1 aromatic rings. The van der Waals surface area contributed by atoms with Gasteiger partial charge in [-0.25, -0.2) is 0 Å². The lowest BCUT2D eigenvalue weighted by Gasteiger charge is -2.09. The van der Waals surface area contributed by atoms with Gasteiger partial charge in [0.2, 0.25) is 0 Å². The highest BCUT2D eigenvalue weighted by Crippen LogP contribution is 2.33. The Morgan fingerprint density at radius 1 is 1.31 bits per heavy atom. The predicted octanol–water partition coefficient (Wildman–Crippen LogP) is 3.13. The number of rotatable bonds is 1. The SMILES string of the molecule is O=C1CCCC1c1ccccc1I. The first-order valence-corrected chi connectivity index (χ1v) is 5.64. The average Bonchev–Trinajstić information content (AvgIpc) is 2.52. The normalized spacial score (nSPS) is 22.2. The highest BCUT2D eigenvalue weighted by molar-refractivity contribution is 14.1. The van der Waals surface area contributed by atoms with Crippen LogP contribution in [0.15, 0.2) is 24.3 Å². The van der Waals surface area contributed by atoms with Crippen LogP contribution in [0.2, 0.25) is 0 Å². The summed E-state index contributed by atoms with van der Waals surface area (Å²) in [6.07, 6.45) is 2.88. The fourth-order valence-electron chi connectivity index (χ4n) is 1.90. The summed E-state index contributed by atoms with van der Waals surface area (Å²) in [6.45, 7) is 0. The van der Waals surface area contributed by atoms with Crippen molar-refractivity contribution in [2.45, 2.75) is 25.2 Å². The first-order valence-electron chi connectivity index (χ1n) is 4.56. The zero-order valence-corrected chi connectivity index (χ0v) is 9.45. The second-order valence-electron chi connectivity index (χ2n) is 3.43. The molecule has 1 saturated carbocycles. The number of Topliss-reactive ketones (excluding diaryl/α,β-unsaturated/α-hetero) is 1. The van der Waals surface area contributed by atoms with Crippen LogP contribution in [0.1, 0.15) is 30.7 Å². The Morgan fingerprint density at radius 2 is 2.08 bits per heavy atom. The molecule has 0 N–H and O–H groups in total. The second-order valence-corrected chi connectivity index (χ2v) is 4.59. The summed E-state index contributed by atoms with van der Waals surface area (Å²) in [7, 11) is 0. The Morgan fingerprint density at radius 3 is 2.69 bits per heavy atom. The molecular formula is C11H11IO. The zero-order valence-electron chi connectivity index (χ0n) is 7.29. The topological polar surface area (TPSA) is 17.1 Å². The molecule has 2 rings (SSSR count). The fourth-order valence-corrected chi connectivity index (χ4v) is 2.67. The van der Waals surface area contributed by atoms with Crippen LogP contribution in [0.4, 0.5) is 0 Å². The van der Waals surface area contributed by atoms with Gasteiger partial charge in [0.25, 0.3) is 0 Å². The van der Waals surface area contributed by atoms with E-state index in [0.717, 1.165) is 19.3 Å². The van der Waals surface area contributed by atoms with Crippen molar-refractivity contribution in [3.63, 3.8) is 0 Å². The van der Waals surface area contributed by atoms with Gasteiger partial charge in [-0.2, -0.15) is 0 Å². The van der Waals surface area contributed by atoms with Gasteiger partial charge < -0.3 is 0 Å². The van der Waals surface area contributed by atoms with Gasteiger partial charge in [-0.15, -0.1) is 0 Å². The number of hydrogen-bond acceptors (Lipinski definition) is 1. The minimum absolute atomic E-state index is 0.188. The molecule has 1 aliphatic carbocycles. The van der Waals surface area contributed by atoms with Gasteiger partial charge in [-0.05, 0) is 47.1 Å². The van der Waals surface area contributed by atoms with Crippen molar-refractivity contribution < 1.29 is 4.79 Å². The summed E-state index contributed by atoms with van der Waals surface area (Å²) in [5, 5.41) is 0. The minimum Gasteiger partial charge on any atom is -0.299 e. The maximum atomic E-state index is 11.5. The molecule has 0 radical (unpaired) electrons. The fraction of sp³-hybridized carbons (Fsp3) is 0.364. The number of carbonyl (C=O) groups excluding carboxylic acids is 1. The third kappa shape index (κ3) is 1.77. The van der Waals surface area contributed by atoms with E-state index in [4.69, 9.17) is 0 Å². The molecule has 1 fully saturated rings. The first kappa shape index (κ1) is 9.19. The van der Waals surface area contributed by atoms with E-state index in [2.05, 4.69) is 34.7 Å². The highest BCUT2D eigenvalue weighted by Gasteiger charge is 2.26. The molecule has 0 heterocycles. The maximum absolute atomic E-state index is 11.5. The average molecular weight is 286 g/mol. The molecule has 0 amide bonds. The zero-order chi connectivity index (χ0) is 9.26. The lowest BCUT2D eigenvalue weighted by Crippen LogP contribution is -2.05. The third-order valence-electron chi connectivity index (χ3n) is 2.59. The molecule has 1 aromatic carbocycles. The largest absolute Gasteiger partial charge is 0.299 e. The molecule has 13 heavy (non-hydrogen) atoms. The molecule has 1 atom stereocenters. The van der Waals surface area contributed by atoms with E-state index in [0.29, 0.717) is 5.78 Å². The van der Waals surface area contributed by atoms with Gasteiger partial charge in [0, 0.05) is 15.9 Å². The molecule has 1 nitrogen and oxygen atoms in total. The number of ketones is 1. The number of carbonyl (C=O) groups is 1. The lowest BCUT2D eigenvalue weighted by molar-refractivity contribution is -0.118. The quantitative estimate of drug-likeness (QED) is 0.725. The number of benzene rings is 1. The summed E-state index contributed by atoms with van der Waals surface area (Å²) in [5.41, 5.74) is 1.23. The van der Waals surface area contributed by atoms with Gasteiger partial charge in [0.05, 0.1) is 0 Å². The summed E-state index contributed by atoms with van der Waals surface area (Å²) < 4.78 is 1.22. The minimum atomic E-state index is 0.188. The van der Waals surface area contributed by atoms with E-state index in [9.17, 15) is 4.79 Å². The van der Waals surface area contributed by atoms with Crippen molar-refractivity contribution in [3.05, 3.63) is 33.4 Å². The van der Waals surface area contributed by atoms with Crippen molar-refractivity contribution in [1.82, 2.24) is 0 Å². The Labute approximate surface area is 91.7 Å². The van der Waals surface area contributed by atoms with E-state index in [1.54, 1.807) is 0 Å². The third-order valence-corrected chi connectivity index (χ3v) is 3.57. The number of hydrogen-bond donors (Lipinski definition) is 0. The molecule has 0 saturated heterocycles. The van der Waals surface area contributed by atoms with Crippen molar-refractivity contribution in [1.29, 1.82) is 0 Å². The van der Waals surface area contributed by atoms with Crippen LogP contribution in [-0.4, -0.2) is 5.78 Å². The Hall–Kier alpha value is -0.380. The van der Waals surface area contributed by atoms with Crippen molar-refractivity contribution in [2.24, 2.45) is 0 Å². The molecule has 1 aliphatic rings. The van der Waals surface area contributed by atoms with Gasteiger partial charge in [0.1, 0.15) is 5.78 Å². The Kier molecular flexibility index (Phi) is 2.67. The molecule has 1 unspecified atom stereocenters. The molecule has 0 spiro atoms. The lowest BCUT2D eigenvalue weighted by atomic mass is 9.97. The van der Waals surface area contributed by atoms with Crippen LogP contribution in [0.5, 0.6) is 0 Å². The van der Waals surface area contributed by atoms with Crippen LogP contribution in [0.25, 0.3) is 0 Å². The molecular weight excluding hydrogens is 275 g/mol. The second kappa shape index (κ2) is 3.78. The van der Waals surface area contributed by atoms with Gasteiger partial charge in [0.15, 0.2) is 0 Å². The smallest absolute Gasteiger partial charge is 0.140 e. The molecule has 68 valence electrons.